The van der Waals surface area contributed by atoms with Gasteiger partial charge in [0, 0.05) is 23.9 Å². The fourth-order valence-corrected chi connectivity index (χ4v) is 8.47. The van der Waals surface area contributed by atoms with Crippen molar-refractivity contribution in [2.24, 2.45) is 23.2 Å². The first-order valence-corrected chi connectivity index (χ1v) is 12.9. The molecule has 6 rings (SSSR count). The van der Waals surface area contributed by atoms with Crippen molar-refractivity contribution in [3.05, 3.63) is 0 Å². The molecule has 5 nitrogen and oxygen atoms in total. The lowest BCUT2D eigenvalue weighted by Crippen LogP contribution is -2.55. The molecular formula is C25H40N2O3. The van der Waals surface area contributed by atoms with Gasteiger partial charge >= 0.3 is 5.97 Å². The number of esters is 1. The molecule has 2 saturated carbocycles. The van der Waals surface area contributed by atoms with Crippen LogP contribution in [0.2, 0.25) is 0 Å². The average Bonchev–Trinajstić information content (AvgIpc) is 3.44. The Morgan fingerprint density at radius 1 is 1.03 bits per heavy atom. The largest absolute Gasteiger partial charge is 0.462 e. The highest BCUT2D eigenvalue weighted by molar-refractivity contribution is 5.76. The molecule has 4 aliphatic heterocycles. The first kappa shape index (κ1) is 20.0. The third kappa shape index (κ3) is 2.87. The van der Waals surface area contributed by atoms with Gasteiger partial charge in [-0.05, 0) is 77.0 Å². The number of likely N-dealkylation sites (tertiary alicyclic amines) is 2. The number of ether oxygens (including phenoxy) is 2. The summed E-state index contributed by atoms with van der Waals surface area (Å²) in [5.74, 6) is 0.970. The maximum Gasteiger partial charge on any atom is 0.311 e. The Morgan fingerprint density at radius 3 is 2.57 bits per heavy atom. The molecule has 1 spiro atoms. The predicted octanol–water partition coefficient (Wildman–Crippen LogP) is 3.46. The Balaban J connectivity index is 1.12. The van der Waals surface area contributed by atoms with Crippen LogP contribution >= 0.6 is 0 Å². The summed E-state index contributed by atoms with van der Waals surface area (Å²) in [6.45, 7) is 10.5. The summed E-state index contributed by atoms with van der Waals surface area (Å²) in [5, 5.41) is 0. The van der Waals surface area contributed by atoms with Crippen molar-refractivity contribution in [1.82, 2.24) is 9.80 Å². The molecule has 0 radical (unpaired) electrons. The fourth-order valence-electron chi connectivity index (χ4n) is 8.47. The van der Waals surface area contributed by atoms with E-state index in [2.05, 4.69) is 23.6 Å². The van der Waals surface area contributed by atoms with Gasteiger partial charge in [-0.2, -0.15) is 0 Å². The highest BCUT2D eigenvalue weighted by atomic mass is 16.6. The molecule has 4 heterocycles. The molecule has 0 aromatic heterocycles. The standard InChI is InChI=1S/C25H40N2O3/c1-17-7-6-10-24(2)15-20-21(22-25(17,24)30-22)19(23(28)29-20)16-26-13-8-18(9-14-26)27-11-4-3-5-12-27/h17-22H,3-16H2,1-2H3/t17-,19+,20+,21+,22-,24+,25-/m0/s1. The zero-order valence-electron chi connectivity index (χ0n) is 19.0. The Kier molecular flexibility index (Phi) is 4.78. The number of hydrogen-bond acceptors (Lipinski definition) is 5. The van der Waals surface area contributed by atoms with Crippen LogP contribution in [-0.4, -0.2) is 72.3 Å². The van der Waals surface area contributed by atoms with Gasteiger partial charge in [0.25, 0.3) is 0 Å². The second kappa shape index (κ2) is 7.18. The van der Waals surface area contributed by atoms with Gasteiger partial charge in [-0.3, -0.25) is 4.79 Å². The van der Waals surface area contributed by atoms with E-state index in [1.807, 2.05) is 0 Å². The first-order chi connectivity index (χ1) is 14.5. The Hall–Kier alpha value is -0.650. The zero-order valence-corrected chi connectivity index (χ0v) is 19.0. The molecule has 0 amide bonds. The third-order valence-electron chi connectivity index (χ3n) is 10.1. The lowest BCUT2D eigenvalue weighted by molar-refractivity contribution is -0.146. The molecule has 5 heteroatoms. The molecule has 4 saturated heterocycles. The summed E-state index contributed by atoms with van der Waals surface area (Å²) in [4.78, 5) is 18.3. The SMILES string of the molecule is C[C@H]1CCC[C@]2(C)C[C@H]3OC(=O)[C@H](CN4CCC(N5CCCCC5)CC4)[C@H]3[C@@H]3O[C@@]132. The Bertz CT molecular complexity index is 686. The smallest absolute Gasteiger partial charge is 0.311 e. The summed E-state index contributed by atoms with van der Waals surface area (Å²) in [7, 11) is 0. The number of epoxide rings is 1. The van der Waals surface area contributed by atoms with Crippen molar-refractivity contribution in [2.75, 3.05) is 32.7 Å². The van der Waals surface area contributed by atoms with Crippen molar-refractivity contribution in [2.45, 2.75) is 95.5 Å². The number of fused-ring (bicyclic) bond motifs is 2. The lowest BCUT2D eigenvalue weighted by atomic mass is 9.53. The molecule has 0 aromatic rings. The van der Waals surface area contributed by atoms with Gasteiger partial charge in [-0.1, -0.05) is 26.7 Å². The third-order valence-corrected chi connectivity index (χ3v) is 10.1. The number of rotatable bonds is 3. The van der Waals surface area contributed by atoms with E-state index < -0.39 is 0 Å². The minimum absolute atomic E-state index is 0.0181. The Labute approximate surface area is 181 Å². The van der Waals surface area contributed by atoms with Crippen LogP contribution in [0.15, 0.2) is 0 Å². The molecule has 0 aromatic carbocycles. The van der Waals surface area contributed by atoms with Crippen LogP contribution < -0.4 is 0 Å². The number of carbonyl (C=O) groups is 1. The lowest BCUT2D eigenvalue weighted by Gasteiger charge is -2.49. The normalized spacial score (nSPS) is 49.8. The summed E-state index contributed by atoms with van der Waals surface area (Å²) in [5.41, 5.74) is 0.221. The molecule has 6 fully saturated rings. The maximum atomic E-state index is 13.0. The predicted molar refractivity (Wildman–Crippen MR) is 115 cm³/mol. The quantitative estimate of drug-likeness (QED) is 0.521. The van der Waals surface area contributed by atoms with E-state index in [4.69, 9.17) is 9.47 Å². The molecule has 30 heavy (non-hydrogen) atoms. The van der Waals surface area contributed by atoms with Crippen LogP contribution in [0, 0.1) is 23.2 Å². The van der Waals surface area contributed by atoms with Gasteiger partial charge in [-0.15, -0.1) is 0 Å². The van der Waals surface area contributed by atoms with Gasteiger partial charge in [-0.25, -0.2) is 0 Å². The van der Waals surface area contributed by atoms with E-state index in [0.717, 1.165) is 32.1 Å². The second-order valence-corrected chi connectivity index (χ2v) is 11.7. The van der Waals surface area contributed by atoms with Crippen molar-refractivity contribution in [1.29, 1.82) is 0 Å². The van der Waals surface area contributed by atoms with Crippen LogP contribution in [0.3, 0.4) is 0 Å². The number of piperidine rings is 2. The van der Waals surface area contributed by atoms with E-state index in [9.17, 15) is 4.79 Å². The molecule has 168 valence electrons. The minimum atomic E-state index is 0.0181. The second-order valence-electron chi connectivity index (χ2n) is 11.7. The molecule has 7 atom stereocenters. The minimum Gasteiger partial charge on any atom is -0.462 e. The van der Waals surface area contributed by atoms with Crippen LogP contribution in [0.1, 0.15) is 71.6 Å². The first-order valence-electron chi connectivity index (χ1n) is 12.9. The summed E-state index contributed by atoms with van der Waals surface area (Å²) in [6, 6.07) is 0.762. The number of hydrogen-bond donors (Lipinski definition) is 0. The van der Waals surface area contributed by atoms with Crippen LogP contribution in [0.5, 0.6) is 0 Å². The summed E-state index contributed by atoms with van der Waals surface area (Å²) < 4.78 is 12.6. The molecule has 0 bridgehead atoms. The molecule has 0 unspecified atom stereocenters. The molecule has 0 N–H and O–H groups in total. The van der Waals surface area contributed by atoms with Gasteiger partial charge in [0.2, 0.25) is 0 Å². The summed E-state index contributed by atoms with van der Waals surface area (Å²) >= 11 is 0. The van der Waals surface area contributed by atoms with Crippen molar-refractivity contribution < 1.29 is 14.3 Å². The van der Waals surface area contributed by atoms with Gasteiger partial charge in [0.15, 0.2) is 0 Å². The van der Waals surface area contributed by atoms with Gasteiger partial charge < -0.3 is 19.3 Å². The molecule has 2 aliphatic carbocycles. The summed E-state index contributed by atoms with van der Waals surface area (Å²) in [6.07, 6.45) is 11.8. The van der Waals surface area contributed by atoms with E-state index in [0.29, 0.717) is 5.92 Å². The number of nitrogens with zero attached hydrogens (tertiary/aromatic N) is 2. The van der Waals surface area contributed by atoms with Crippen molar-refractivity contribution >= 4 is 5.97 Å². The zero-order chi connectivity index (χ0) is 20.5. The molecular weight excluding hydrogens is 376 g/mol. The topological polar surface area (TPSA) is 45.3 Å². The van der Waals surface area contributed by atoms with Crippen molar-refractivity contribution in [3.8, 4) is 0 Å². The maximum absolute atomic E-state index is 13.0. The highest BCUT2D eigenvalue weighted by Gasteiger charge is 2.78. The van der Waals surface area contributed by atoms with Gasteiger partial charge in [0.05, 0.1) is 12.0 Å². The van der Waals surface area contributed by atoms with Crippen molar-refractivity contribution in [3.63, 3.8) is 0 Å². The van der Waals surface area contributed by atoms with Crippen LogP contribution in [-0.2, 0) is 14.3 Å². The van der Waals surface area contributed by atoms with E-state index in [-0.39, 0.29) is 41.0 Å². The average molecular weight is 417 g/mol. The molecule has 6 aliphatic rings. The fraction of sp³-hybridized carbons (Fsp3) is 0.960. The van der Waals surface area contributed by atoms with E-state index >= 15 is 0 Å². The monoisotopic (exact) mass is 416 g/mol. The van der Waals surface area contributed by atoms with Crippen LogP contribution in [0.4, 0.5) is 0 Å². The Morgan fingerprint density at radius 2 is 1.80 bits per heavy atom. The van der Waals surface area contributed by atoms with E-state index in [1.165, 1.54) is 64.5 Å². The van der Waals surface area contributed by atoms with Gasteiger partial charge in [0.1, 0.15) is 11.7 Å². The number of carbonyl (C=O) groups excluding carboxylic acids is 1. The van der Waals surface area contributed by atoms with E-state index in [1.54, 1.807) is 0 Å². The van der Waals surface area contributed by atoms with Crippen LogP contribution in [0.25, 0.3) is 0 Å². The highest BCUT2D eigenvalue weighted by Crippen LogP contribution is 2.70.